The topological polar surface area (TPSA) is 116 Å². The Balaban J connectivity index is 3.85. The number of esters is 2. The highest BCUT2D eigenvalue weighted by molar-refractivity contribution is 5.77. The van der Waals surface area contributed by atoms with Crippen LogP contribution in [0, 0.1) is 0 Å². The number of nitrogens with two attached hydrogens (primary N) is 1. The minimum atomic E-state index is -1.03. The van der Waals surface area contributed by atoms with Crippen LogP contribution in [0.15, 0.2) is 0 Å². The van der Waals surface area contributed by atoms with Crippen molar-refractivity contribution in [3.63, 3.8) is 0 Å². The van der Waals surface area contributed by atoms with Crippen LogP contribution in [0.5, 0.6) is 0 Å². The summed E-state index contributed by atoms with van der Waals surface area (Å²) in [5, 5.41) is 8.43. The van der Waals surface area contributed by atoms with Crippen molar-refractivity contribution in [3.05, 3.63) is 0 Å². The van der Waals surface area contributed by atoms with E-state index in [1.54, 1.807) is 20.8 Å². The summed E-state index contributed by atoms with van der Waals surface area (Å²) in [5.74, 6) is -2.22. The average molecular weight is 275 g/mol. The van der Waals surface area contributed by atoms with E-state index in [9.17, 15) is 14.4 Å². The Labute approximate surface area is 112 Å². The summed E-state index contributed by atoms with van der Waals surface area (Å²) in [6.45, 7) is 5.07. The molecule has 0 aromatic rings. The van der Waals surface area contributed by atoms with Crippen LogP contribution in [0.3, 0.4) is 0 Å². The minimum Gasteiger partial charge on any atom is -0.481 e. The molecular formula is C12H21NO6. The molecule has 0 aromatic heterocycles. The number of aliphatic carboxylic acids is 1. The van der Waals surface area contributed by atoms with Gasteiger partial charge in [-0.2, -0.15) is 0 Å². The van der Waals surface area contributed by atoms with Crippen molar-refractivity contribution in [2.24, 2.45) is 5.73 Å². The fraction of sp³-hybridized carbons (Fsp3) is 0.750. The van der Waals surface area contributed by atoms with Crippen molar-refractivity contribution in [2.75, 3.05) is 6.61 Å². The van der Waals surface area contributed by atoms with Crippen molar-refractivity contribution in [3.8, 4) is 0 Å². The Hall–Kier alpha value is -1.63. The van der Waals surface area contributed by atoms with Gasteiger partial charge in [-0.25, -0.2) is 0 Å². The van der Waals surface area contributed by atoms with Gasteiger partial charge in [0.25, 0.3) is 0 Å². The fourth-order valence-electron chi connectivity index (χ4n) is 1.13. The monoisotopic (exact) mass is 275 g/mol. The van der Waals surface area contributed by atoms with E-state index in [1.165, 1.54) is 0 Å². The Morgan fingerprint density at radius 1 is 1.21 bits per heavy atom. The molecule has 0 radical (unpaired) electrons. The molecule has 7 nitrogen and oxygen atoms in total. The molecule has 3 N–H and O–H groups in total. The number of hydrogen-bond donors (Lipinski definition) is 2. The molecule has 0 rings (SSSR count). The molecule has 110 valence electrons. The van der Waals surface area contributed by atoms with Gasteiger partial charge in [-0.1, -0.05) is 0 Å². The van der Waals surface area contributed by atoms with E-state index in [-0.39, 0.29) is 25.9 Å². The summed E-state index contributed by atoms with van der Waals surface area (Å²) in [4.78, 5) is 32.9. The summed E-state index contributed by atoms with van der Waals surface area (Å²) in [6.07, 6.45) is -0.266. The highest BCUT2D eigenvalue weighted by atomic mass is 16.6. The summed E-state index contributed by atoms with van der Waals surface area (Å²) < 4.78 is 9.78. The van der Waals surface area contributed by atoms with Gasteiger partial charge in [0.1, 0.15) is 18.2 Å². The molecule has 0 aromatic carbocycles. The molecule has 0 saturated carbocycles. The number of carbonyl (C=O) groups excluding carboxylic acids is 2. The number of rotatable bonds is 7. The molecule has 0 spiro atoms. The van der Waals surface area contributed by atoms with E-state index in [0.717, 1.165) is 0 Å². The second kappa shape index (κ2) is 7.73. The number of carboxylic acid groups (broad SMARTS) is 1. The maximum atomic E-state index is 11.3. The van der Waals surface area contributed by atoms with Gasteiger partial charge in [0.2, 0.25) is 0 Å². The molecule has 19 heavy (non-hydrogen) atoms. The van der Waals surface area contributed by atoms with Gasteiger partial charge in [-0.05, 0) is 27.2 Å². The molecule has 7 heteroatoms. The first-order chi connectivity index (χ1) is 8.61. The van der Waals surface area contributed by atoms with E-state index >= 15 is 0 Å². The van der Waals surface area contributed by atoms with Gasteiger partial charge in [0.15, 0.2) is 0 Å². The van der Waals surface area contributed by atoms with Crippen molar-refractivity contribution < 1.29 is 29.0 Å². The normalized spacial score (nSPS) is 12.6. The Morgan fingerprint density at radius 2 is 1.79 bits per heavy atom. The lowest BCUT2D eigenvalue weighted by Crippen LogP contribution is -2.33. The highest BCUT2D eigenvalue weighted by Gasteiger charge is 2.19. The third-order valence-corrected chi connectivity index (χ3v) is 1.94. The van der Waals surface area contributed by atoms with Crippen molar-refractivity contribution in [2.45, 2.75) is 51.7 Å². The number of carbonyl (C=O) groups is 3. The van der Waals surface area contributed by atoms with Gasteiger partial charge in [0.05, 0.1) is 6.42 Å². The minimum absolute atomic E-state index is 0.000599. The van der Waals surface area contributed by atoms with Crippen LogP contribution in [-0.2, 0) is 23.9 Å². The van der Waals surface area contributed by atoms with Crippen LogP contribution in [-0.4, -0.2) is 41.3 Å². The Kier molecular flexibility index (Phi) is 7.06. The molecule has 0 saturated heterocycles. The second-order valence-electron chi connectivity index (χ2n) is 5.04. The van der Waals surface area contributed by atoms with Crippen LogP contribution in [0.4, 0.5) is 0 Å². The molecular weight excluding hydrogens is 254 g/mol. The lowest BCUT2D eigenvalue weighted by Gasteiger charge is -2.19. The number of hydrogen-bond acceptors (Lipinski definition) is 6. The van der Waals surface area contributed by atoms with Crippen LogP contribution in [0.2, 0.25) is 0 Å². The average Bonchev–Trinajstić information content (AvgIpc) is 2.22. The first kappa shape index (κ1) is 17.4. The molecule has 0 aliphatic carbocycles. The van der Waals surface area contributed by atoms with E-state index in [4.69, 9.17) is 20.3 Å². The number of ether oxygens (including phenoxy) is 2. The lowest BCUT2D eigenvalue weighted by atomic mass is 10.2. The van der Waals surface area contributed by atoms with Gasteiger partial charge in [0, 0.05) is 6.42 Å². The zero-order valence-electron chi connectivity index (χ0n) is 11.5. The largest absolute Gasteiger partial charge is 0.481 e. The third-order valence-electron chi connectivity index (χ3n) is 1.94. The van der Waals surface area contributed by atoms with E-state index in [2.05, 4.69) is 0 Å². The van der Waals surface area contributed by atoms with E-state index in [1.807, 2.05) is 0 Å². The van der Waals surface area contributed by atoms with Crippen molar-refractivity contribution in [1.29, 1.82) is 0 Å². The molecule has 0 unspecified atom stereocenters. The molecule has 1 atom stereocenters. The van der Waals surface area contributed by atoms with Crippen molar-refractivity contribution >= 4 is 17.9 Å². The fourth-order valence-corrected chi connectivity index (χ4v) is 1.13. The standard InChI is InChI=1S/C12H21NO6/c1-12(2,3)19-10(16)6-7-18-11(17)8(13)4-5-9(14)15/h8H,4-7,13H2,1-3H3,(H,14,15)/t8-/m0/s1. The smallest absolute Gasteiger partial charge is 0.322 e. The van der Waals surface area contributed by atoms with E-state index < -0.39 is 29.6 Å². The number of carboxylic acids is 1. The summed E-state index contributed by atoms with van der Waals surface area (Å²) >= 11 is 0. The summed E-state index contributed by atoms with van der Waals surface area (Å²) in [5.41, 5.74) is 4.85. The van der Waals surface area contributed by atoms with Crippen molar-refractivity contribution in [1.82, 2.24) is 0 Å². The molecule has 0 aliphatic heterocycles. The van der Waals surface area contributed by atoms with Gasteiger partial charge >= 0.3 is 17.9 Å². The van der Waals surface area contributed by atoms with Gasteiger partial charge in [-0.3, -0.25) is 14.4 Å². The molecule has 0 fully saturated rings. The quantitative estimate of drug-likeness (QED) is 0.648. The predicted molar refractivity (Wildman–Crippen MR) is 66.3 cm³/mol. The highest BCUT2D eigenvalue weighted by Crippen LogP contribution is 2.08. The van der Waals surface area contributed by atoms with Crippen LogP contribution in [0.25, 0.3) is 0 Å². The zero-order valence-corrected chi connectivity index (χ0v) is 11.5. The molecule has 0 amide bonds. The summed E-state index contributed by atoms with van der Waals surface area (Å²) in [7, 11) is 0. The first-order valence-corrected chi connectivity index (χ1v) is 5.97. The second-order valence-corrected chi connectivity index (χ2v) is 5.04. The molecule has 0 aliphatic rings. The molecule has 0 bridgehead atoms. The van der Waals surface area contributed by atoms with Gasteiger partial charge in [-0.15, -0.1) is 0 Å². The third kappa shape index (κ3) is 10.0. The van der Waals surface area contributed by atoms with Gasteiger partial charge < -0.3 is 20.3 Å². The maximum absolute atomic E-state index is 11.3. The SMILES string of the molecule is CC(C)(C)OC(=O)CCOC(=O)[C@@H](N)CCC(=O)O. The van der Waals surface area contributed by atoms with Crippen LogP contribution in [0.1, 0.15) is 40.0 Å². The Morgan fingerprint density at radius 3 is 2.26 bits per heavy atom. The zero-order chi connectivity index (χ0) is 15.1. The van der Waals surface area contributed by atoms with Crippen LogP contribution < -0.4 is 5.73 Å². The maximum Gasteiger partial charge on any atom is 0.322 e. The summed E-state index contributed by atoms with van der Waals surface area (Å²) in [6, 6.07) is -0.991. The van der Waals surface area contributed by atoms with E-state index in [0.29, 0.717) is 0 Å². The molecule has 0 heterocycles. The Bertz CT molecular complexity index is 334. The van der Waals surface area contributed by atoms with Crippen LogP contribution >= 0.6 is 0 Å². The lowest BCUT2D eigenvalue weighted by molar-refractivity contribution is -0.157. The predicted octanol–water partition coefficient (Wildman–Crippen LogP) is 0.454. The first-order valence-electron chi connectivity index (χ1n) is 5.97.